The molecule has 15 aromatic rings. The molecule has 0 amide bonds. The van der Waals surface area contributed by atoms with Crippen molar-refractivity contribution in [3.63, 3.8) is 0 Å². The van der Waals surface area contributed by atoms with Crippen molar-refractivity contribution < 1.29 is 0 Å². The Morgan fingerprint density at radius 3 is 1.27 bits per heavy atom. The van der Waals surface area contributed by atoms with Gasteiger partial charge in [-0.25, -0.2) is 0 Å². The van der Waals surface area contributed by atoms with E-state index in [1.165, 1.54) is 163 Å². The third kappa shape index (κ3) is 3.97. The first-order valence-corrected chi connectivity index (χ1v) is 22.5. The lowest BCUT2D eigenvalue weighted by atomic mass is 9.84. The summed E-state index contributed by atoms with van der Waals surface area (Å²) in [7, 11) is 0. The molecule has 0 nitrogen and oxygen atoms in total. The van der Waals surface area contributed by atoms with Gasteiger partial charge in [-0.1, -0.05) is 194 Å². The fraction of sp³-hybridized carbons (Fsp3) is 0. The number of benzene rings is 13. The van der Waals surface area contributed by atoms with Crippen LogP contribution in [0.2, 0.25) is 0 Å². The lowest BCUT2D eigenvalue weighted by molar-refractivity contribution is 1.62. The smallest absolute Gasteiger partial charge is 0.000718 e. The predicted molar refractivity (Wildman–Crippen MR) is 276 cm³/mol. The monoisotopic (exact) mass is 802 g/mol. The fourth-order valence-corrected chi connectivity index (χ4v) is 12.8. The second-order valence-electron chi connectivity index (χ2n) is 18.1. The van der Waals surface area contributed by atoms with Gasteiger partial charge in [0.2, 0.25) is 0 Å². The number of hydrogen-bond donors (Lipinski definition) is 0. The summed E-state index contributed by atoms with van der Waals surface area (Å²) in [6.07, 6.45) is 0. The zero-order chi connectivity index (χ0) is 41.4. The van der Waals surface area contributed by atoms with E-state index in [9.17, 15) is 0 Å². The fourth-order valence-electron chi connectivity index (χ4n) is 12.8. The molecule has 0 aliphatic heterocycles. The summed E-state index contributed by atoms with van der Waals surface area (Å²) in [4.78, 5) is 0. The van der Waals surface area contributed by atoms with Crippen LogP contribution in [0.3, 0.4) is 0 Å². The summed E-state index contributed by atoms with van der Waals surface area (Å²) < 4.78 is 0. The lowest BCUT2D eigenvalue weighted by Crippen LogP contribution is -1.91. The van der Waals surface area contributed by atoms with Gasteiger partial charge < -0.3 is 0 Å². The Morgan fingerprint density at radius 2 is 0.594 bits per heavy atom. The SMILES string of the molecule is c1ccc(-c2ccc3c(c2)-c2ccc4c5ccc6c7c(-c8ccccc8)c8cc9c%10ccccc%10c%10cccc(c8c(-c8ccccc8)c7c7ccc(c8ccc-3c2c48)c5c67)c%109)cc1. The first-order valence-electron chi connectivity index (χ1n) is 22.5. The summed E-state index contributed by atoms with van der Waals surface area (Å²) in [5.74, 6) is 0. The van der Waals surface area contributed by atoms with Crippen molar-refractivity contribution in [2.75, 3.05) is 0 Å². The quantitative estimate of drug-likeness (QED) is 0.123. The minimum absolute atomic E-state index is 1.25. The van der Waals surface area contributed by atoms with Crippen LogP contribution in [0.4, 0.5) is 0 Å². The largest absolute Gasteiger partial charge is 0.0622 e. The van der Waals surface area contributed by atoms with Crippen LogP contribution in [-0.2, 0) is 0 Å². The maximum atomic E-state index is 2.54. The molecule has 0 aromatic heterocycles. The van der Waals surface area contributed by atoms with Crippen LogP contribution in [0.5, 0.6) is 0 Å². The standard InChI is InChI=1S/C64H34/c1-4-13-35(14-5-1)38-23-24-41-43-25-26-44-47-30-32-51-61-50(31-29-46(60(47)61)45-27-28-48(52(41)33-38)58(43)59(44)45)63-55(36-15-6-2-7-16-36)54-34-53-40-20-11-10-19-39(40)42-21-12-22-49(57(42)53)62(54)56(64(51)63)37-17-8-3-9-18-37/h1-34H. The number of fused-ring (bicyclic) bond motifs is 13. The molecule has 0 saturated heterocycles. The van der Waals surface area contributed by atoms with Crippen molar-refractivity contribution in [2.45, 2.75) is 0 Å². The Kier molecular flexibility index (Phi) is 6.13. The van der Waals surface area contributed by atoms with Gasteiger partial charge in [0.15, 0.2) is 0 Å². The molecule has 1 aliphatic rings. The van der Waals surface area contributed by atoms with Gasteiger partial charge in [0.1, 0.15) is 0 Å². The minimum Gasteiger partial charge on any atom is -0.0622 e. The van der Waals surface area contributed by atoms with Crippen molar-refractivity contribution in [1.29, 1.82) is 0 Å². The Labute approximate surface area is 367 Å². The molecule has 15 aromatic carbocycles. The van der Waals surface area contributed by atoms with E-state index in [0.29, 0.717) is 0 Å². The van der Waals surface area contributed by atoms with Gasteiger partial charge in [-0.2, -0.15) is 0 Å². The Morgan fingerprint density at radius 1 is 0.156 bits per heavy atom. The molecule has 290 valence electrons. The van der Waals surface area contributed by atoms with Gasteiger partial charge in [0.25, 0.3) is 0 Å². The third-order valence-electron chi connectivity index (χ3n) is 15.2. The van der Waals surface area contributed by atoms with Crippen LogP contribution < -0.4 is 0 Å². The van der Waals surface area contributed by atoms with Crippen LogP contribution in [0.15, 0.2) is 206 Å². The molecule has 16 rings (SSSR count). The highest BCUT2D eigenvalue weighted by atomic mass is 14.3. The highest BCUT2D eigenvalue weighted by molar-refractivity contribution is 6.49. The van der Waals surface area contributed by atoms with Crippen molar-refractivity contribution >= 4 is 108 Å². The first-order chi connectivity index (χ1) is 31.8. The molecule has 1 aliphatic carbocycles. The summed E-state index contributed by atoms with van der Waals surface area (Å²) in [6.45, 7) is 0. The molecular weight excluding hydrogens is 769 g/mol. The van der Waals surface area contributed by atoms with Crippen LogP contribution >= 0.6 is 0 Å². The highest BCUT2D eigenvalue weighted by Gasteiger charge is 2.30. The maximum Gasteiger partial charge on any atom is -0.000718 e. The molecule has 0 heteroatoms. The van der Waals surface area contributed by atoms with Gasteiger partial charge in [-0.3, -0.25) is 0 Å². The summed E-state index contributed by atoms with van der Waals surface area (Å²) in [5.41, 5.74) is 13.0. The second kappa shape index (κ2) is 11.8. The van der Waals surface area contributed by atoms with Gasteiger partial charge in [-0.15, -0.1) is 0 Å². The van der Waals surface area contributed by atoms with Crippen molar-refractivity contribution in [3.8, 4) is 55.6 Å². The van der Waals surface area contributed by atoms with E-state index in [0.717, 1.165) is 0 Å². The van der Waals surface area contributed by atoms with Gasteiger partial charge in [-0.05, 0) is 175 Å². The zero-order valence-corrected chi connectivity index (χ0v) is 34.6. The summed E-state index contributed by atoms with van der Waals surface area (Å²) in [6, 6.07) is 78.2. The van der Waals surface area contributed by atoms with Gasteiger partial charge >= 0.3 is 0 Å². The van der Waals surface area contributed by atoms with E-state index in [-0.39, 0.29) is 0 Å². The highest BCUT2D eigenvalue weighted by Crippen LogP contribution is 2.58. The van der Waals surface area contributed by atoms with Crippen LogP contribution in [0.25, 0.3) is 163 Å². The number of rotatable bonds is 3. The Hall–Kier alpha value is -8.32. The molecule has 0 bridgehead atoms. The maximum absolute atomic E-state index is 2.54. The van der Waals surface area contributed by atoms with E-state index in [2.05, 4.69) is 206 Å². The lowest BCUT2D eigenvalue weighted by Gasteiger charge is -2.19. The minimum atomic E-state index is 1.25. The average molecular weight is 803 g/mol. The molecule has 0 unspecified atom stereocenters. The summed E-state index contributed by atoms with van der Waals surface area (Å²) in [5, 5.41) is 26.8. The Balaban J connectivity index is 1.09. The average Bonchev–Trinajstić information content (AvgIpc) is 4.00. The molecule has 0 radical (unpaired) electrons. The molecule has 0 fully saturated rings. The van der Waals surface area contributed by atoms with E-state index < -0.39 is 0 Å². The van der Waals surface area contributed by atoms with Gasteiger partial charge in [0.05, 0.1) is 0 Å². The topological polar surface area (TPSA) is 0 Å². The van der Waals surface area contributed by atoms with Crippen molar-refractivity contribution in [2.24, 2.45) is 0 Å². The van der Waals surface area contributed by atoms with Crippen LogP contribution in [0, 0.1) is 0 Å². The summed E-state index contributed by atoms with van der Waals surface area (Å²) >= 11 is 0. The molecule has 0 atom stereocenters. The van der Waals surface area contributed by atoms with Crippen LogP contribution in [0.1, 0.15) is 0 Å². The van der Waals surface area contributed by atoms with E-state index in [1.54, 1.807) is 0 Å². The van der Waals surface area contributed by atoms with E-state index in [4.69, 9.17) is 0 Å². The molecule has 0 heterocycles. The third-order valence-corrected chi connectivity index (χ3v) is 15.2. The van der Waals surface area contributed by atoms with E-state index >= 15 is 0 Å². The van der Waals surface area contributed by atoms with E-state index in [1.807, 2.05) is 0 Å². The molecule has 0 spiro atoms. The van der Waals surface area contributed by atoms with Gasteiger partial charge in [0, 0.05) is 0 Å². The van der Waals surface area contributed by atoms with Crippen LogP contribution in [-0.4, -0.2) is 0 Å². The molecule has 0 saturated carbocycles. The molecular formula is C64H34. The second-order valence-corrected chi connectivity index (χ2v) is 18.1. The zero-order valence-electron chi connectivity index (χ0n) is 34.6. The molecule has 64 heavy (non-hydrogen) atoms. The number of hydrogen-bond acceptors (Lipinski definition) is 0. The van der Waals surface area contributed by atoms with Crippen molar-refractivity contribution in [1.82, 2.24) is 0 Å². The first kappa shape index (κ1) is 33.3. The Bertz CT molecular complexity index is 4460. The molecule has 0 N–H and O–H groups in total. The predicted octanol–water partition coefficient (Wildman–Crippen LogP) is 18.2. The van der Waals surface area contributed by atoms with Crippen molar-refractivity contribution in [3.05, 3.63) is 206 Å². The normalized spacial score (nSPS) is 12.7.